The fraction of sp³-hybridized carbons (Fsp3) is 0.471. The molecule has 0 heterocycles. The summed E-state index contributed by atoms with van der Waals surface area (Å²) in [4.78, 5) is 11.3. The predicted molar refractivity (Wildman–Crippen MR) is 90.2 cm³/mol. The van der Waals surface area contributed by atoms with E-state index in [4.69, 9.17) is 16.8 Å². The number of halogens is 1. The Morgan fingerprint density at radius 2 is 2.09 bits per heavy atom. The standard InChI is InChI=1S/C17H25ClN2O2/c1-4-9-17(5-2,6-3)12-19-11-14-8-7-13(10-15(14)18)16(21)20-22/h4,7-8,10,19,22H,1,5-6,9,11-12H2,2-3H3,(H,20,21). The predicted octanol–water partition coefficient (Wildman–Crippen LogP) is 3.93. The molecule has 3 N–H and O–H groups in total. The zero-order valence-corrected chi connectivity index (χ0v) is 14.0. The van der Waals surface area contributed by atoms with Crippen LogP contribution in [0.15, 0.2) is 30.9 Å². The van der Waals surface area contributed by atoms with Crippen LogP contribution in [0.4, 0.5) is 0 Å². The maximum absolute atomic E-state index is 11.3. The Balaban J connectivity index is 2.68. The van der Waals surface area contributed by atoms with Gasteiger partial charge in [-0.3, -0.25) is 10.0 Å². The Morgan fingerprint density at radius 1 is 1.41 bits per heavy atom. The topological polar surface area (TPSA) is 61.4 Å². The molecular formula is C17H25ClN2O2. The van der Waals surface area contributed by atoms with E-state index >= 15 is 0 Å². The molecule has 0 aliphatic carbocycles. The van der Waals surface area contributed by atoms with E-state index in [0.717, 1.165) is 31.4 Å². The second kappa shape index (κ2) is 8.93. The molecule has 0 fully saturated rings. The lowest BCUT2D eigenvalue weighted by Crippen LogP contribution is -2.33. The molecule has 22 heavy (non-hydrogen) atoms. The van der Waals surface area contributed by atoms with Crippen molar-refractivity contribution in [3.63, 3.8) is 0 Å². The van der Waals surface area contributed by atoms with Crippen molar-refractivity contribution >= 4 is 17.5 Å². The molecule has 5 heteroatoms. The third-order valence-corrected chi connectivity index (χ3v) is 4.66. The second-order valence-electron chi connectivity index (χ2n) is 5.55. The Bertz CT molecular complexity index is 513. The Kier molecular flexibility index (Phi) is 7.59. The number of carbonyl (C=O) groups is 1. The van der Waals surface area contributed by atoms with Gasteiger partial charge in [0.05, 0.1) is 0 Å². The van der Waals surface area contributed by atoms with Crippen molar-refractivity contribution in [1.82, 2.24) is 10.8 Å². The summed E-state index contributed by atoms with van der Waals surface area (Å²) in [6.07, 6.45) is 5.14. The molecule has 1 aromatic carbocycles. The lowest BCUT2D eigenvalue weighted by Gasteiger charge is -2.31. The third kappa shape index (κ3) is 4.83. The highest BCUT2D eigenvalue weighted by Gasteiger charge is 2.24. The van der Waals surface area contributed by atoms with Gasteiger partial charge in [0, 0.05) is 23.7 Å². The highest BCUT2D eigenvalue weighted by molar-refractivity contribution is 6.31. The molecule has 122 valence electrons. The average Bonchev–Trinajstić information content (AvgIpc) is 2.54. The Morgan fingerprint density at radius 3 is 2.59 bits per heavy atom. The van der Waals surface area contributed by atoms with E-state index in [2.05, 4.69) is 25.7 Å². The van der Waals surface area contributed by atoms with Gasteiger partial charge in [0.1, 0.15) is 0 Å². The van der Waals surface area contributed by atoms with E-state index in [-0.39, 0.29) is 5.41 Å². The second-order valence-corrected chi connectivity index (χ2v) is 5.96. The third-order valence-electron chi connectivity index (χ3n) is 4.31. The van der Waals surface area contributed by atoms with Crippen LogP contribution in [-0.2, 0) is 6.54 Å². The molecule has 0 aliphatic rings. The molecule has 0 bridgehead atoms. The summed E-state index contributed by atoms with van der Waals surface area (Å²) in [7, 11) is 0. The zero-order valence-electron chi connectivity index (χ0n) is 13.3. The van der Waals surface area contributed by atoms with Crippen molar-refractivity contribution in [2.45, 2.75) is 39.7 Å². The van der Waals surface area contributed by atoms with E-state index < -0.39 is 5.91 Å². The number of hydroxylamine groups is 1. The molecule has 0 atom stereocenters. The fourth-order valence-electron chi connectivity index (χ4n) is 2.53. The minimum absolute atomic E-state index is 0.227. The van der Waals surface area contributed by atoms with Gasteiger partial charge in [0.15, 0.2) is 0 Å². The van der Waals surface area contributed by atoms with Crippen molar-refractivity contribution in [1.29, 1.82) is 0 Å². The van der Waals surface area contributed by atoms with Crippen molar-refractivity contribution < 1.29 is 10.0 Å². The summed E-state index contributed by atoms with van der Waals surface area (Å²) < 4.78 is 0. The van der Waals surface area contributed by atoms with E-state index in [1.54, 1.807) is 23.7 Å². The summed E-state index contributed by atoms with van der Waals surface area (Å²) in [5.41, 5.74) is 3.08. The summed E-state index contributed by atoms with van der Waals surface area (Å²) in [6, 6.07) is 5.00. The smallest absolute Gasteiger partial charge is 0.274 e. The number of carbonyl (C=O) groups excluding carboxylic acids is 1. The average molecular weight is 325 g/mol. The first-order valence-electron chi connectivity index (χ1n) is 7.56. The van der Waals surface area contributed by atoms with Crippen LogP contribution in [0.5, 0.6) is 0 Å². The monoisotopic (exact) mass is 324 g/mol. The van der Waals surface area contributed by atoms with Gasteiger partial charge < -0.3 is 5.32 Å². The Labute approximate surface area is 137 Å². The molecule has 0 saturated carbocycles. The number of allylic oxidation sites excluding steroid dienone is 1. The maximum atomic E-state index is 11.3. The van der Waals surface area contributed by atoms with Crippen LogP contribution >= 0.6 is 11.6 Å². The molecule has 1 rings (SSSR count). The van der Waals surface area contributed by atoms with Crippen LogP contribution in [0, 0.1) is 5.41 Å². The molecule has 0 aliphatic heterocycles. The van der Waals surface area contributed by atoms with Crippen molar-refractivity contribution in [3.8, 4) is 0 Å². The van der Waals surface area contributed by atoms with Crippen molar-refractivity contribution in [3.05, 3.63) is 47.0 Å². The summed E-state index contributed by atoms with van der Waals surface area (Å²) >= 11 is 6.19. The zero-order chi connectivity index (χ0) is 16.6. The van der Waals surface area contributed by atoms with Crippen LogP contribution < -0.4 is 10.8 Å². The van der Waals surface area contributed by atoms with Gasteiger partial charge in [-0.05, 0) is 42.4 Å². The first kappa shape index (κ1) is 18.7. The summed E-state index contributed by atoms with van der Waals surface area (Å²) in [5.74, 6) is -0.566. The molecule has 0 spiro atoms. The molecule has 1 amide bonds. The van der Waals surface area contributed by atoms with Crippen molar-refractivity contribution in [2.75, 3.05) is 6.54 Å². The van der Waals surface area contributed by atoms with Crippen LogP contribution in [0.1, 0.15) is 49.0 Å². The first-order chi connectivity index (χ1) is 10.5. The first-order valence-corrected chi connectivity index (χ1v) is 7.94. The minimum Gasteiger partial charge on any atom is -0.312 e. The SMILES string of the molecule is C=CCC(CC)(CC)CNCc1ccc(C(=O)NO)cc1Cl. The van der Waals surface area contributed by atoms with Gasteiger partial charge >= 0.3 is 0 Å². The number of hydrogen-bond donors (Lipinski definition) is 3. The van der Waals surface area contributed by atoms with Gasteiger partial charge in [-0.25, -0.2) is 5.48 Å². The maximum Gasteiger partial charge on any atom is 0.274 e. The van der Waals surface area contributed by atoms with Gasteiger partial charge in [0.2, 0.25) is 0 Å². The van der Waals surface area contributed by atoms with Crippen LogP contribution in [0.25, 0.3) is 0 Å². The number of rotatable bonds is 9. The molecule has 0 saturated heterocycles. The van der Waals surface area contributed by atoms with Gasteiger partial charge in [0.25, 0.3) is 5.91 Å². The fourth-order valence-corrected chi connectivity index (χ4v) is 2.77. The number of hydrogen-bond acceptors (Lipinski definition) is 3. The lowest BCUT2D eigenvalue weighted by molar-refractivity contribution is 0.0706. The van der Waals surface area contributed by atoms with Gasteiger partial charge in [-0.1, -0.05) is 37.6 Å². The quantitative estimate of drug-likeness (QED) is 0.366. The number of amides is 1. The molecular weight excluding hydrogens is 300 g/mol. The molecule has 0 aromatic heterocycles. The van der Waals surface area contributed by atoms with E-state index in [1.165, 1.54) is 0 Å². The summed E-state index contributed by atoms with van der Waals surface area (Å²) in [6.45, 7) is 9.77. The highest BCUT2D eigenvalue weighted by atomic mass is 35.5. The molecule has 0 unspecified atom stereocenters. The van der Waals surface area contributed by atoms with Crippen LogP contribution in [0.2, 0.25) is 5.02 Å². The van der Waals surface area contributed by atoms with Crippen LogP contribution in [-0.4, -0.2) is 17.7 Å². The van der Waals surface area contributed by atoms with E-state index in [9.17, 15) is 4.79 Å². The van der Waals surface area contributed by atoms with E-state index in [1.807, 2.05) is 6.08 Å². The Hall–Kier alpha value is -1.36. The van der Waals surface area contributed by atoms with Gasteiger partial charge in [-0.15, -0.1) is 6.58 Å². The number of benzene rings is 1. The lowest BCUT2D eigenvalue weighted by atomic mass is 9.79. The summed E-state index contributed by atoms with van der Waals surface area (Å²) in [5, 5.41) is 12.6. The van der Waals surface area contributed by atoms with Crippen LogP contribution in [0.3, 0.4) is 0 Å². The minimum atomic E-state index is -0.566. The highest BCUT2D eigenvalue weighted by Crippen LogP contribution is 2.30. The molecule has 0 radical (unpaired) electrons. The normalized spacial score (nSPS) is 11.3. The van der Waals surface area contributed by atoms with Gasteiger partial charge in [-0.2, -0.15) is 0 Å². The largest absolute Gasteiger partial charge is 0.312 e. The van der Waals surface area contributed by atoms with E-state index in [0.29, 0.717) is 17.1 Å². The number of nitrogens with one attached hydrogen (secondary N) is 2. The van der Waals surface area contributed by atoms with Crippen molar-refractivity contribution in [2.24, 2.45) is 5.41 Å². The molecule has 1 aromatic rings. The molecule has 4 nitrogen and oxygen atoms in total.